The van der Waals surface area contributed by atoms with Crippen LogP contribution >= 0.6 is 0 Å². The van der Waals surface area contributed by atoms with E-state index >= 15 is 0 Å². The summed E-state index contributed by atoms with van der Waals surface area (Å²) in [6.45, 7) is 3.44. The van der Waals surface area contributed by atoms with E-state index in [4.69, 9.17) is 9.47 Å². The van der Waals surface area contributed by atoms with Crippen molar-refractivity contribution in [1.29, 1.82) is 0 Å². The fraction of sp³-hybridized carbons (Fsp3) is 0.870. The molecule has 0 aromatic heterocycles. The molecule has 0 aromatic rings. The van der Waals surface area contributed by atoms with E-state index in [2.05, 4.69) is 19.2 Å². The van der Waals surface area contributed by atoms with Crippen LogP contribution in [-0.2, 0) is 14.3 Å². The predicted molar refractivity (Wildman–Crippen MR) is 120 cm³/mol. The van der Waals surface area contributed by atoms with E-state index in [0.29, 0.717) is 6.42 Å². The Morgan fingerprint density at radius 2 is 1.72 bits per heavy atom. The van der Waals surface area contributed by atoms with Gasteiger partial charge in [0.05, 0.1) is 25.4 Å². The summed E-state index contributed by atoms with van der Waals surface area (Å²) < 4.78 is 10.9. The molecule has 0 aromatic carbocycles. The van der Waals surface area contributed by atoms with Gasteiger partial charge in [0, 0.05) is 6.42 Å². The van der Waals surface area contributed by atoms with Gasteiger partial charge in [-0.05, 0) is 12.8 Å². The van der Waals surface area contributed by atoms with E-state index in [1.54, 1.807) is 6.08 Å². The first-order chi connectivity index (χ1) is 15.3. The topological polar surface area (TPSA) is 149 Å². The lowest BCUT2D eigenvalue weighted by Crippen LogP contribution is -2.60. The Bertz CT molecular complexity index is 530. The molecule has 6 N–H and O–H groups in total. The van der Waals surface area contributed by atoms with Crippen LogP contribution in [0.1, 0.15) is 71.6 Å². The smallest absolute Gasteiger partial charge is 0.220 e. The van der Waals surface area contributed by atoms with E-state index < -0.39 is 49.5 Å². The molecule has 9 nitrogen and oxygen atoms in total. The molecular weight excluding hydrogens is 418 g/mol. The predicted octanol–water partition coefficient (Wildman–Crippen LogP) is 0.755. The van der Waals surface area contributed by atoms with Gasteiger partial charge in [-0.25, -0.2) is 0 Å². The molecule has 0 radical (unpaired) electrons. The minimum atomic E-state index is -1.55. The Morgan fingerprint density at radius 3 is 2.38 bits per heavy atom. The third kappa shape index (κ3) is 10.2. The number of allylic oxidation sites excluding steroid dienone is 1. The second kappa shape index (κ2) is 16.5. The first kappa shape index (κ1) is 29.0. The molecule has 0 saturated carbocycles. The van der Waals surface area contributed by atoms with Crippen molar-refractivity contribution >= 4 is 5.91 Å². The number of amides is 1. The highest BCUT2D eigenvalue weighted by Gasteiger charge is 2.44. The molecule has 1 fully saturated rings. The molecule has 1 heterocycles. The van der Waals surface area contributed by atoms with Crippen molar-refractivity contribution in [3.63, 3.8) is 0 Å². The number of rotatable bonds is 16. The number of ether oxygens (including phenoxy) is 2. The Labute approximate surface area is 191 Å². The number of aliphatic hydroxyl groups is 5. The van der Waals surface area contributed by atoms with Crippen molar-refractivity contribution in [3.05, 3.63) is 12.2 Å². The maximum Gasteiger partial charge on any atom is 0.220 e. The summed E-state index contributed by atoms with van der Waals surface area (Å²) in [6, 6.07) is -0.789. The molecule has 7 unspecified atom stereocenters. The van der Waals surface area contributed by atoms with Gasteiger partial charge in [-0.2, -0.15) is 0 Å². The van der Waals surface area contributed by atoms with Crippen LogP contribution in [-0.4, -0.2) is 87.5 Å². The molecule has 0 aliphatic carbocycles. The van der Waals surface area contributed by atoms with Crippen LogP contribution in [0.15, 0.2) is 12.2 Å². The lowest BCUT2D eigenvalue weighted by molar-refractivity contribution is -0.302. The zero-order valence-corrected chi connectivity index (χ0v) is 19.4. The van der Waals surface area contributed by atoms with Gasteiger partial charge in [0.1, 0.15) is 24.4 Å². The van der Waals surface area contributed by atoms with E-state index in [0.717, 1.165) is 51.4 Å². The second-order valence-corrected chi connectivity index (χ2v) is 8.43. The number of carbonyl (C=O) groups is 1. The maximum atomic E-state index is 12.4. The van der Waals surface area contributed by atoms with Gasteiger partial charge in [-0.1, -0.05) is 64.5 Å². The number of nitrogens with one attached hydrogen (secondary N) is 1. The summed E-state index contributed by atoms with van der Waals surface area (Å²) in [5.74, 6) is -0.204. The Balaban J connectivity index is 2.69. The molecule has 9 heteroatoms. The van der Waals surface area contributed by atoms with Gasteiger partial charge >= 0.3 is 0 Å². The Morgan fingerprint density at radius 1 is 1.03 bits per heavy atom. The zero-order chi connectivity index (χ0) is 23.9. The van der Waals surface area contributed by atoms with Crippen molar-refractivity contribution in [1.82, 2.24) is 5.32 Å². The van der Waals surface area contributed by atoms with E-state index in [1.165, 1.54) is 0 Å². The third-order valence-electron chi connectivity index (χ3n) is 5.61. The lowest BCUT2D eigenvalue weighted by Gasteiger charge is -2.40. The molecule has 32 heavy (non-hydrogen) atoms. The zero-order valence-electron chi connectivity index (χ0n) is 19.4. The average molecular weight is 462 g/mol. The SMILES string of the molecule is CCCC/C=C/C(O)C(COC1OC(CO)C(O)C(O)C1O)NC(=O)CCCCCCC. The maximum absolute atomic E-state index is 12.4. The number of carbonyl (C=O) groups excluding carboxylic acids is 1. The van der Waals surface area contributed by atoms with Gasteiger partial charge in [0.2, 0.25) is 5.91 Å². The largest absolute Gasteiger partial charge is 0.394 e. The normalized spacial score (nSPS) is 28.0. The number of hydrogen-bond acceptors (Lipinski definition) is 8. The molecule has 1 aliphatic heterocycles. The highest BCUT2D eigenvalue weighted by atomic mass is 16.7. The average Bonchev–Trinajstić information content (AvgIpc) is 2.78. The highest BCUT2D eigenvalue weighted by molar-refractivity contribution is 5.76. The van der Waals surface area contributed by atoms with Crippen LogP contribution in [0.25, 0.3) is 0 Å². The number of unbranched alkanes of at least 4 members (excludes halogenated alkanes) is 6. The van der Waals surface area contributed by atoms with Crippen LogP contribution < -0.4 is 5.32 Å². The first-order valence-electron chi connectivity index (χ1n) is 11.9. The van der Waals surface area contributed by atoms with E-state index in [1.807, 2.05) is 6.08 Å². The monoisotopic (exact) mass is 461 g/mol. The summed E-state index contributed by atoms with van der Waals surface area (Å²) in [6.07, 6.45) is 3.68. The lowest BCUT2D eigenvalue weighted by atomic mass is 9.99. The van der Waals surface area contributed by atoms with Crippen molar-refractivity contribution in [3.8, 4) is 0 Å². The minimum Gasteiger partial charge on any atom is -0.394 e. The van der Waals surface area contributed by atoms with Crippen molar-refractivity contribution in [2.24, 2.45) is 0 Å². The van der Waals surface area contributed by atoms with Crippen LogP contribution in [0, 0.1) is 0 Å². The molecule has 0 spiro atoms. The molecule has 1 rings (SSSR count). The molecule has 0 bridgehead atoms. The first-order valence-corrected chi connectivity index (χ1v) is 11.9. The fourth-order valence-electron chi connectivity index (χ4n) is 3.49. The number of hydrogen-bond donors (Lipinski definition) is 6. The molecule has 1 saturated heterocycles. The van der Waals surface area contributed by atoms with Crippen LogP contribution in [0.5, 0.6) is 0 Å². The van der Waals surface area contributed by atoms with E-state index in [-0.39, 0.29) is 12.5 Å². The summed E-state index contributed by atoms with van der Waals surface area (Å²) in [7, 11) is 0. The van der Waals surface area contributed by atoms with Gasteiger partial charge in [0.25, 0.3) is 0 Å². The Hall–Kier alpha value is -1.07. The summed E-state index contributed by atoms with van der Waals surface area (Å²) in [5.41, 5.74) is 0. The minimum absolute atomic E-state index is 0.191. The summed E-state index contributed by atoms with van der Waals surface area (Å²) in [5, 5.41) is 52.6. The van der Waals surface area contributed by atoms with Crippen molar-refractivity contribution in [2.45, 2.75) is 114 Å². The van der Waals surface area contributed by atoms with Crippen LogP contribution in [0.2, 0.25) is 0 Å². The second-order valence-electron chi connectivity index (χ2n) is 8.43. The molecule has 188 valence electrons. The highest BCUT2D eigenvalue weighted by Crippen LogP contribution is 2.22. The van der Waals surface area contributed by atoms with Crippen LogP contribution in [0.3, 0.4) is 0 Å². The molecule has 7 atom stereocenters. The van der Waals surface area contributed by atoms with Crippen molar-refractivity contribution in [2.75, 3.05) is 13.2 Å². The third-order valence-corrected chi connectivity index (χ3v) is 5.61. The molecule has 1 amide bonds. The van der Waals surface area contributed by atoms with Gasteiger partial charge in [0.15, 0.2) is 6.29 Å². The van der Waals surface area contributed by atoms with Crippen LogP contribution in [0.4, 0.5) is 0 Å². The summed E-state index contributed by atoms with van der Waals surface area (Å²) >= 11 is 0. The fourth-order valence-corrected chi connectivity index (χ4v) is 3.49. The Kier molecular flexibility index (Phi) is 15.0. The number of aliphatic hydroxyl groups excluding tert-OH is 5. The van der Waals surface area contributed by atoms with Crippen molar-refractivity contribution < 1.29 is 39.8 Å². The van der Waals surface area contributed by atoms with Gasteiger partial charge < -0.3 is 40.3 Å². The quantitative estimate of drug-likeness (QED) is 0.146. The summed E-state index contributed by atoms with van der Waals surface area (Å²) in [4.78, 5) is 12.4. The molecular formula is C23H43NO8. The van der Waals surface area contributed by atoms with Gasteiger partial charge in [-0.15, -0.1) is 0 Å². The van der Waals surface area contributed by atoms with Gasteiger partial charge in [-0.3, -0.25) is 4.79 Å². The van der Waals surface area contributed by atoms with E-state index in [9.17, 15) is 30.3 Å². The molecule has 1 aliphatic rings. The standard InChI is InChI=1S/C23H43NO8/c1-3-5-7-9-11-13-19(27)24-16(17(26)12-10-8-6-4-2)15-31-23-22(30)21(29)20(28)18(14-25)32-23/h10,12,16-18,20-23,25-26,28-30H,3-9,11,13-15H2,1-2H3,(H,24,27)/b12-10+.